The van der Waals surface area contributed by atoms with Crippen LogP contribution >= 0.6 is 15.9 Å². The minimum Gasteiger partial charge on any atom is -0.369 e. The van der Waals surface area contributed by atoms with Gasteiger partial charge in [-0.1, -0.05) is 46.3 Å². The van der Waals surface area contributed by atoms with E-state index in [9.17, 15) is 14.0 Å². The van der Waals surface area contributed by atoms with Crippen LogP contribution in [0, 0.1) is 19.7 Å². The molecule has 0 aliphatic carbocycles. The van der Waals surface area contributed by atoms with Crippen molar-refractivity contribution in [2.75, 3.05) is 36.4 Å². The van der Waals surface area contributed by atoms with Crippen LogP contribution in [0.4, 0.5) is 15.8 Å². The van der Waals surface area contributed by atoms with Crippen LogP contribution in [0.25, 0.3) is 0 Å². The van der Waals surface area contributed by atoms with E-state index >= 15 is 0 Å². The van der Waals surface area contributed by atoms with Gasteiger partial charge in [0.05, 0.1) is 17.5 Å². The number of benzene rings is 4. The molecule has 5 rings (SSSR count). The van der Waals surface area contributed by atoms with Gasteiger partial charge in [-0.2, -0.15) is 5.10 Å². The van der Waals surface area contributed by atoms with E-state index in [4.69, 9.17) is 0 Å². The van der Waals surface area contributed by atoms with Crippen molar-refractivity contribution >= 4 is 45.3 Å². The van der Waals surface area contributed by atoms with Gasteiger partial charge in [0, 0.05) is 48.4 Å². The Bertz CT molecular complexity index is 1630. The molecule has 1 fully saturated rings. The Kier molecular flexibility index (Phi) is 9.64. The zero-order valence-electron chi connectivity index (χ0n) is 24.1. The summed E-state index contributed by atoms with van der Waals surface area (Å²) in [4.78, 5) is 30.7. The summed E-state index contributed by atoms with van der Waals surface area (Å²) in [6, 6.07) is 25.2. The standard InChI is InChI=1S/C34H33BrFN5O2/c1-23-3-4-26(19-24(23)2)21-37-39-34(43)31-20-28(35)9-14-32(31)38-33(42)27-7-5-25(6-8-27)22-40-15-17-41(18-16-40)30-12-10-29(36)11-13-30/h3-14,19-21H,15-18,22H2,1-2H3,(H,38,42)(H,39,43). The van der Waals surface area contributed by atoms with Gasteiger partial charge in [0.25, 0.3) is 11.8 Å². The zero-order chi connectivity index (χ0) is 30.3. The monoisotopic (exact) mass is 641 g/mol. The lowest BCUT2D eigenvalue weighted by Crippen LogP contribution is -2.45. The molecular formula is C34H33BrFN5O2. The van der Waals surface area contributed by atoms with Gasteiger partial charge in [0.1, 0.15) is 5.82 Å². The van der Waals surface area contributed by atoms with E-state index in [1.54, 1.807) is 36.5 Å². The van der Waals surface area contributed by atoms with Crippen LogP contribution < -0.4 is 15.6 Å². The molecule has 0 bridgehead atoms. The second-order valence-corrected chi connectivity index (χ2v) is 11.5. The first kappa shape index (κ1) is 30.1. The fourth-order valence-electron chi connectivity index (χ4n) is 4.91. The molecule has 7 nitrogen and oxygen atoms in total. The van der Waals surface area contributed by atoms with E-state index in [2.05, 4.69) is 41.6 Å². The number of hydrazone groups is 1. The number of carbonyl (C=O) groups excluding carboxylic acids is 2. The highest BCUT2D eigenvalue weighted by Crippen LogP contribution is 2.23. The lowest BCUT2D eigenvalue weighted by molar-refractivity contribution is 0.0956. The molecule has 0 spiro atoms. The molecule has 43 heavy (non-hydrogen) atoms. The highest BCUT2D eigenvalue weighted by molar-refractivity contribution is 9.10. The van der Waals surface area contributed by atoms with Gasteiger partial charge in [-0.05, 0) is 90.7 Å². The lowest BCUT2D eigenvalue weighted by Gasteiger charge is -2.36. The number of piperazine rings is 1. The Labute approximate surface area is 259 Å². The van der Waals surface area contributed by atoms with Crippen molar-refractivity contribution in [3.05, 3.63) is 129 Å². The molecule has 0 saturated carbocycles. The molecule has 1 saturated heterocycles. The molecule has 2 amide bonds. The van der Waals surface area contributed by atoms with Gasteiger partial charge in [0.2, 0.25) is 0 Å². The van der Waals surface area contributed by atoms with Gasteiger partial charge in [-0.25, -0.2) is 9.82 Å². The van der Waals surface area contributed by atoms with Crippen LogP contribution in [0.2, 0.25) is 0 Å². The molecule has 0 unspecified atom stereocenters. The van der Waals surface area contributed by atoms with Crippen molar-refractivity contribution in [3.8, 4) is 0 Å². The van der Waals surface area contributed by atoms with Crippen molar-refractivity contribution in [1.29, 1.82) is 0 Å². The summed E-state index contributed by atoms with van der Waals surface area (Å²) in [5, 5.41) is 6.97. The van der Waals surface area contributed by atoms with Crippen LogP contribution in [0.3, 0.4) is 0 Å². The first-order valence-corrected chi connectivity index (χ1v) is 14.9. The summed E-state index contributed by atoms with van der Waals surface area (Å²) in [5.41, 5.74) is 9.07. The predicted molar refractivity (Wildman–Crippen MR) is 173 cm³/mol. The van der Waals surface area contributed by atoms with Crippen molar-refractivity contribution in [2.24, 2.45) is 5.10 Å². The van der Waals surface area contributed by atoms with Crippen LogP contribution in [-0.2, 0) is 6.54 Å². The number of hydrogen-bond acceptors (Lipinski definition) is 5. The van der Waals surface area contributed by atoms with Gasteiger partial charge >= 0.3 is 0 Å². The van der Waals surface area contributed by atoms with E-state index in [-0.39, 0.29) is 17.3 Å². The number of hydrogen-bond donors (Lipinski definition) is 2. The number of anilines is 2. The maximum Gasteiger partial charge on any atom is 0.273 e. The maximum absolute atomic E-state index is 13.2. The maximum atomic E-state index is 13.2. The average Bonchev–Trinajstić information content (AvgIpc) is 3.01. The number of halogens is 2. The third kappa shape index (κ3) is 7.94. The normalized spacial score (nSPS) is 13.7. The second-order valence-electron chi connectivity index (χ2n) is 10.6. The Morgan fingerprint density at radius 1 is 0.860 bits per heavy atom. The van der Waals surface area contributed by atoms with Crippen LogP contribution in [0.1, 0.15) is 43.0 Å². The predicted octanol–water partition coefficient (Wildman–Crippen LogP) is 6.54. The molecule has 1 aliphatic heterocycles. The molecule has 0 aromatic heterocycles. The molecule has 2 N–H and O–H groups in total. The van der Waals surface area contributed by atoms with E-state index in [1.165, 1.54) is 17.7 Å². The summed E-state index contributed by atoms with van der Waals surface area (Å²) in [6.45, 7) is 8.36. The molecular weight excluding hydrogens is 609 g/mol. The highest BCUT2D eigenvalue weighted by atomic mass is 79.9. The van der Waals surface area contributed by atoms with Crippen molar-refractivity contribution < 1.29 is 14.0 Å². The Morgan fingerprint density at radius 2 is 1.58 bits per heavy atom. The van der Waals surface area contributed by atoms with E-state index < -0.39 is 5.91 Å². The largest absolute Gasteiger partial charge is 0.369 e. The summed E-state index contributed by atoms with van der Waals surface area (Å²) >= 11 is 3.41. The van der Waals surface area contributed by atoms with Crippen molar-refractivity contribution in [2.45, 2.75) is 20.4 Å². The van der Waals surface area contributed by atoms with Crippen molar-refractivity contribution in [3.63, 3.8) is 0 Å². The minimum atomic E-state index is -0.438. The first-order valence-electron chi connectivity index (χ1n) is 14.1. The molecule has 1 heterocycles. The zero-order valence-corrected chi connectivity index (χ0v) is 25.7. The number of amides is 2. The number of nitrogens with zero attached hydrogens (tertiary/aromatic N) is 3. The van der Waals surface area contributed by atoms with Crippen molar-refractivity contribution in [1.82, 2.24) is 10.3 Å². The molecule has 220 valence electrons. The fourth-order valence-corrected chi connectivity index (χ4v) is 5.28. The number of nitrogens with one attached hydrogen (secondary N) is 2. The smallest absolute Gasteiger partial charge is 0.273 e. The van der Waals surface area contributed by atoms with Crippen LogP contribution in [0.5, 0.6) is 0 Å². The van der Waals surface area contributed by atoms with E-state index in [1.807, 2.05) is 56.3 Å². The lowest BCUT2D eigenvalue weighted by atomic mass is 10.1. The van der Waals surface area contributed by atoms with Gasteiger partial charge in [-0.3, -0.25) is 14.5 Å². The molecule has 9 heteroatoms. The second kappa shape index (κ2) is 13.8. The minimum absolute atomic E-state index is 0.225. The molecule has 0 atom stereocenters. The summed E-state index contributed by atoms with van der Waals surface area (Å²) in [5.74, 6) is -0.974. The van der Waals surface area contributed by atoms with E-state index in [0.29, 0.717) is 15.7 Å². The topological polar surface area (TPSA) is 77.0 Å². The highest BCUT2D eigenvalue weighted by Gasteiger charge is 2.18. The Hall–Kier alpha value is -4.34. The number of aryl methyl sites for hydroxylation is 2. The fraction of sp³-hybridized carbons (Fsp3) is 0.206. The first-order chi connectivity index (χ1) is 20.7. The Morgan fingerprint density at radius 3 is 2.28 bits per heavy atom. The van der Waals surface area contributed by atoms with E-state index in [0.717, 1.165) is 55.1 Å². The SMILES string of the molecule is Cc1ccc(C=NNC(=O)c2cc(Br)ccc2NC(=O)c2ccc(CN3CCN(c4ccc(F)cc4)CC3)cc2)cc1C. The third-order valence-electron chi connectivity index (χ3n) is 7.57. The number of carbonyl (C=O) groups is 2. The van der Waals surface area contributed by atoms with Gasteiger partial charge in [-0.15, -0.1) is 0 Å². The molecule has 1 aliphatic rings. The Balaban J connectivity index is 1.17. The quantitative estimate of drug-likeness (QED) is 0.169. The summed E-state index contributed by atoms with van der Waals surface area (Å²) in [7, 11) is 0. The summed E-state index contributed by atoms with van der Waals surface area (Å²) < 4.78 is 13.9. The summed E-state index contributed by atoms with van der Waals surface area (Å²) in [6.07, 6.45) is 1.59. The molecule has 0 radical (unpaired) electrons. The van der Waals surface area contributed by atoms with Gasteiger partial charge in [0.15, 0.2) is 0 Å². The van der Waals surface area contributed by atoms with Crippen LogP contribution in [-0.4, -0.2) is 49.1 Å². The average molecular weight is 643 g/mol. The third-order valence-corrected chi connectivity index (χ3v) is 8.06. The molecule has 4 aromatic rings. The van der Waals surface area contributed by atoms with Crippen LogP contribution in [0.15, 0.2) is 94.5 Å². The molecule has 4 aromatic carbocycles. The number of rotatable bonds is 8. The van der Waals surface area contributed by atoms with Gasteiger partial charge < -0.3 is 10.2 Å².